The molecular formula is C29H36N4O3. The van der Waals surface area contributed by atoms with Crippen molar-refractivity contribution in [1.29, 1.82) is 0 Å². The maximum atomic E-state index is 13.4. The van der Waals surface area contributed by atoms with Gasteiger partial charge in [0.2, 0.25) is 5.91 Å². The quantitative estimate of drug-likeness (QED) is 0.504. The zero-order valence-electron chi connectivity index (χ0n) is 21.3. The van der Waals surface area contributed by atoms with Crippen LogP contribution in [0.3, 0.4) is 0 Å². The van der Waals surface area contributed by atoms with E-state index in [2.05, 4.69) is 51.5 Å². The number of aryl methyl sites for hydroxylation is 1. The smallest absolute Gasteiger partial charge is 0.229 e. The molecule has 0 spiro atoms. The van der Waals surface area contributed by atoms with Crippen LogP contribution in [0, 0.1) is 6.92 Å². The molecule has 190 valence electrons. The maximum absolute atomic E-state index is 13.4. The second-order valence-corrected chi connectivity index (χ2v) is 9.96. The Kier molecular flexibility index (Phi) is 7.44. The lowest BCUT2D eigenvalue weighted by Crippen LogP contribution is -2.56. The number of methoxy groups -OCH3 is 1. The zero-order chi connectivity index (χ0) is 24.9. The number of aromatic nitrogens is 2. The number of hydrogen-bond donors (Lipinski definition) is 1. The molecule has 7 heteroatoms. The molecule has 5 rings (SSSR count). The third-order valence-electron chi connectivity index (χ3n) is 7.32. The van der Waals surface area contributed by atoms with Gasteiger partial charge in [-0.3, -0.25) is 9.89 Å². The molecule has 0 radical (unpaired) electrons. The number of amides is 1. The fraction of sp³-hybridized carbons (Fsp3) is 0.448. The summed E-state index contributed by atoms with van der Waals surface area (Å²) >= 11 is 0. The van der Waals surface area contributed by atoms with Crippen molar-refractivity contribution in [3.63, 3.8) is 0 Å². The topological polar surface area (TPSA) is 70.7 Å². The van der Waals surface area contributed by atoms with Crippen molar-refractivity contribution in [2.75, 3.05) is 31.6 Å². The summed E-state index contributed by atoms with van der Waals surface area (Å²) in [5.74, 6) is 1.71. The third-order valence-corrected chi connectivity index (χ3v) is 7.32. The van der Waals surface area contributed by atoms with Gasteiger partial charge < -0.3 is 19.3 Å². The molecule has 7 nitrogen and oxygen atoms in total. The Morgan fingerprint density at radius 3 is 2.58 bits per heavy atom. The van der Waals surface area contributed by atoms with E-state index in [1.165, 1.54) is 18.4 Å². The van der Waals surface area contributed by atoms with Crippen LogP contribution in [0.2, 0.25) is 0 Å². The largest absolute Gasteiger partial charge is 0.493 e. The highest BCUT2D eigenvalue weighted by Crippen LogP contribution is 2.36. The number of carbonyl (C=O) groups excluding carboxylic acids is 1. The number of carbonyl (C=O) groups is 1. The summed E-state index contributed by atoms with van der Waals surface area (Å²) in [7, 11) is 1.69. The van der Waals surface area contributed by atoms with E-state index >= 15 is 0 Å². The van der Waals surface area contributed by atoms with Crippen molar-refractivity contribution in [3.05, 3.63) is 71.5 Å². The monoisotopic (exact) mass is 488 g/mol. The third kappa shape index (κ3) is 5.66. The van der Waals surface area contributed by atoms with Gasteiger partial charge in [-0.25, -0.2) is 0 Å². The molecule has 1 amide bonds. The molecule has 1 unspecified atom stereocenters. The highest BCUT2D eigenvalue weighted by atomic mass is 16.5. The lowest BCUT2D eigenvalue weighted by Gasteiger charge is -2.43. The number of ether oxygens (including phenoxy) is 2. The van der Waals surface area contributed by atoms with Crippen molar-refractivity contribution in [2.24, 2.45) is 0 Å². The Balaban J connectivity index is 1.35. The van der Waals surface area contributed by atoms with Gasteiger partial charge in [-0.1, -0.05) is 30.3 Å². The number of nitrogens with one attached hydrogen (secondary N) is 1. The minimum Gasteiger partial charge on any atom is -0.493 e. The van der Waals surface area contributed by atoms with E-state index in [0.29, 0.717) is 13.0 Å². The predicted octanol–water partition coefficient (Wildman–Crippen LogP) is 4.55. The summed E-state index contributed by atoms with van der Waals surface area (Å²) in [5.41, 5.74) is 4.11. The molecule has 2 aromatic carbocycles. The molecule has 3 aromatic rings. The summed E-state index contributed by atoms with van der Waals surface area (Å²) < 4.78 is 12.0. The van der Waals surface area contributed by atoms with Gasteiger partial charge in [-0.15, -0.1) is 0 Å². The predicted molar refractivity (Wildman–Crippen MR) is 141 cm³/mol. The molecule has 1 saturated heterocycles. The van der Waals surface area contributed by atoms with Crippen LogP contribution in [0.1, 0.15) is 42.6 Å². The molecule has 1 aliphatic carbocycles. The minimum absolute atomic E-state index is 0.0648. The van der Waals surface area contributed by atoms with E-state index < -0.39 is 0 Å². The molecule has 1 atom stereocenters. The van der Waals surface area contributed by atoms with E-state index in [4.69, 9.17) is 9.47 Å². The van der Waals surface area contributed by atoms with E-state index in [9.17, 15) is 4.79 Å². The number of nitrogens with zero attached hydrogens (tertiary/aromatic N) is 3. The number of benzene rings is 2. The van der Waals surface area contributed by atoms with Crippen LogP contribution in [0.15, 0.2) is 54.6 Å². The molecule has 36 heavy (non-hydrogen) atoms. The number of aromatic amines is 1. The highest BCUT2D eigenvalue weighted by Gasteiger charge is 2.31. The van der Waals surface area contributed by atoms with E-state index in [1.807, 2.05) is 30.0 Å². The van der Waals surface area contributed by atoms with E-state index in [1.54, 1.807) is 7.11 Å². The maximum Gasteiger partial charge on any atom is 0.229 e. The summed E-state index contributed by atoms with van der Waals surface area (Å²) in [6, 6.07) is 18.7. The molecule has 0 bridgehead atoms. The highest BCUT2D eigenvalue weighted by molar-refractivity contribution is 5.79. The summed E-state index contributed by atoms with van der Waals surface area (Å²) in [6.45, 7) is 4.16. The second kappa shape index (κ2) is 11.1. The van der Waals surface area contributed by atoms with Gasteiger partial charge in [0.25, 0.3) is 0 Å². The average molecular weight is 489 g/mol. The van der Waals surface area contributed by atoms with Crippen molar-refractivity contribution in [2.45, 2.75) is 57.6 Å². The Morgan fingerprint density at radius 1 is 1.06 bits per heavy atom. The number of rotatable bonds is 8. The zero-order valence-corrected chi connectivity index (χ0v) is 21.3. The van der Waals surface area contributed by atoms with Crippen LogP contribution in [-0.4, -0.2) is 59.9 Å². The van der Waals surface area contributed by atoms with Crippen LogP contribution in [0.5, 0.6) is 11.5 Å². The lowest BCUT2D eigenvalue weighted by atomic mass is 10.0. The second-order valence-electron chi connectivity index (χ2n) is 9.96. The Labute approximate surface area is 213 Å². The summed E-state index contributed by atoms with van der Waals surface area (Å²) in [6.07, 6.45) is 6.04. The first-order valence-corrected chi connectivity index (χ1v) is 13.0. The standard InChI is InChI=1S/C29H36N4O3/c1-21-16-23(31-30-21)18-29(34)33-15-14-32(20-25(33)17-22-8-4-3-5-9-22)24-12-13-27(35-2)28(19-24)36-26-10-6-7-11-26/h3-5,8-9,12-13,16,19,25-26H,6-7,10-11,14-15,17-18,20H2,1-2H3,(H,30,31). The van der Waals surface area contributed by atoms with Crippen LogP contribution < -0.4 is 14.4 Å². The fourth-order valence-electron chi connectivity index (χ4n) is 5.44. The van der Waals surface area contributed by atoms with E-state index in [-0.39, 0.29) is 18.1 Å². The fourth-order valence-corrected chi connectivity index (χ4v) is 5.44. The van der Waals surface area contributed by atoms with Gasteiger partial charge in [0.05, 0.1) is 31.4 Å². The Hall–Kier alpha value is -3.48. The number of H-pyrrole nitrogens is 1. The minimum atomic E-state index is 0.0648. The van der Waals surface area contributed by atoms with Gasteiger partial charge >= 0.3 is 0 Å². The molecular weight excluding hydrogens is 452 g/mol. The Bertz CT molecular complexity index is 1160. The average Bonchev–Trinajstić information content (AvgIpc) is 3.56. The molecule has 2 aliphatic rings. The Morgan fingerprint density at radius 2 is 1.86 bits per heavy atom. The van der Waals surface area contributed by atoms with Crippen molar-refractivity contribution < 1.29 is 14.3 Å². The van der Waals surface area contributed by atoms with Crippen LogP contribution in [0.4, 0.5) is 5.69 Å². The van der Waals surface area contributed by atoms with Crippen LogP contribution >= 0.6 is 0 Å². The summed E-state index contributed by atoms with van der Waals surface area (Å²) in [5, 5.41) is 7.23. The molecule has 2 heterocycles. The van der Waals surface area contributed by atoms with Gasteiger partial charge in [-0.05, 0) is 62.8 Å². The van der Waals surface area contributed by atoms with Crippen LogP contribution in [-0.2, 0) is 17.6 Å². The van der Waals surface area contributed by atoms with Crippen LogP contribution in [0.25, 0.3) is 0 Å². The SMILES string of the molecule is COc1ccc(N2CCN(C(=O)Cc3cc(C)[nH]n3)C(Cc3ccccc3)C2)cc1OC1CCCC1. The molecule has 1 aliphatic heterocycles. The van der Waals surface area contributed by atoms with E-state index in [0.717, 1.165) is 60.9 Å². The first kappa shape index (κ1) is 24.2. The van der Waals surface area contributed by atoms with Gasteiger partial charge in [0, 0.05) is 37.1 Å². The van der Waals surface area contributed by atoms with Crippen molar-refractivity contribution in [3.8, 4) is 11.5 Å². The number of hydrogen-bond acceptors (Lipinski definition) is 5. The lowest BCUT2D eigenvalue weighted by molar-refractivity contribution is -0.133. The van der Waals surface area contributed by atoms with Gasteiger partial charge in [0.15, 0.2) is 11.5 Å². The molecule has 1 N–H and O–H groups in total. The molecule has 2 fully saturated rings. The molecule has 1 aromatic heterocycles. The summed E-state index contributed by atoms with van der Waals surface area (Å²) in [4.78, 5) is 17.8. The number of piperazine rings is 1. The molecule has 1 saturated carbocycles. The normalized spacial score (nSPS) is 18.4. The van der Waals surface area contributed by atoms with Crippen molar-refractivity contribution in [1.82, 2.24) is 15.1 Å². The van der Waals surface area contributed by atoms with Gasteiger partial charge in [0.1, 0.15) is 0 Å². The first-order valence-electron chi connectivity index (χ1n) is 13.0. The van der Waals surface area contributed by atoms with Gasteiger partial charge in [-0.2, -0.15) is 5.10 Å². The number of anilines is 1. The first-order chi connectivity index (χ1) is 17.6. The van der Waals surface area contributed by atoms with Crippen molar-refractivity contribution >= 4 is 11.6 Å².